The average molecular weight is 286 g/mol. The lowest BCUT2D eigenvalue weighted by atomic mass is 9.83. The number of rotatable bonds is 3. The summed E-state index contributed by atoms with van der Waals surface area (Å²) in [6.07, 6.45) is -0.994. The van der Waals surface area contributed by atoms with Crippen molar-refractivity contribution in [3.63, 3.8) is 0 Å². The van der Waals surface area contributed by atoms with Gasteiger partial charge in [-0.15, -0.1) is 0 Å². The van der Waals surface area contributed by atoms with Crippen molar-refractivity contribution in [3.05, 3.63) is 0 Å². The van der Waals surface area contributed by atoms with Crippen molar-refractivity contribution in [3.8, 4) is 0 Å². The van der Waals surface area contributed by atoms with Crippen molar-refractivity contribution in [1.82, 2.24) is 4.72 Å². The molecule has 2 aliphatic rings. The van der Waals surface area contributed by atoms with Crippen LogP contribution in [0.2, 0.25) is 0 Å². The smallest absolute Gasteiger partial charge is 0.327 e. The molecule has 0 aromatic carbocycles. The van der Waals surface area contributed by atoms with Gasteiger partial charge in [0.25, 0.3) is 0 Å². The predicted octanol–water partition coefficient (Wildman–Crippen LogP) is 1.13. The summed E-state index contributed by atoms with van der Waals surface area (Å²) in [7, 11) is -4.28. The SMILES string of the molecule is NC1CC12CCC(NS(=O)(=O)CC(F)(F)F)CC2. The number of nitrogens with two attached hydrogens (primary N) is 1. The normalized spacial score (nSPS) is 36.9. The summed E-state index contributed by atoms with van der Waals surface area (Å²) in [6.45, 7) is 0. The van der Waals surface area contributed by atoms with Crippen LogP contribution in [0.3, 0.4) is 0 Å². The van der Waals surface area contributed by atoms with E-state index in [-0.39, 0.29) is 17.5 Å². The van der Waals surface area contributed by atoms with Crippen LogP contribution in [-0.4, -0.2) is 32.4 Å². The first-order chi connectivity index (χ1) is 8.12. The third kappa shape index (κ3) is 3.36. The first-order valence-electron chi connectivity index (χ1n) is 5.94. The number of sulfonamides is 1. The van der Waals surface area contributed by atoms with Gasteiger partial charge in [0.05, 0.1) is 0 Å². The van der Waals surface area contributed by atoms with Gasteiger partial charge in [0.15, 0.2) is 5.75 Å². The molecule has 0 aliphatic heterocycles. The molecule has 2 aliphatic carbocycles. The van der Waals surface area contributed by atoms with Gasteiger partial charge in [0.2, 0.25) is 10.0 Å². The van der Waals surface area contributed by atoms with E-state index in [0.717, 1.165) is 19.3 Å². The van der Waals surface area contributed by atoms with Crippen molar-refractivity contribution in [1.29, 1.82) is 0 Å². The second-order valence-electron chi connectivity index (χ2n) is 5.44. The molecule has 4 nitrogen and oxygen atoms in total. The van der Waals surface area contributed by atoms with Gasteiger partial charge in [-0.05, 0) is 37.5 Å². The van der Waals surface area contributed by atoms with Crippen molar-refractivity contribution in [2.75, 3.05) is 5.75 Å². The molecule has 0 saturated heterocycles. The molecule has 1 atom stereocenters. The summed E-state index contributed by atoms with van der Waals surface area (Å²) in [5.74, 6) is -1.80. The molecular formula is C10H17F3N2O2S. The fraction of sp³-hybridized carbons (Fsp3) is 1.00. The van der Waals surface area contributed by atoms with Crippen LogP contribution >= 0.6 is 0 Å². The van der Waals surface area contributed by atoms with Crippen molar-refractivity contribution < 1.29 is 21.6 Å². The molecule has 0 bridgehead atoms. The van der Waals surface area contributed by atoms with Crippen LogP contribution in [0.15, 0.2) is 0 Å². The average Bonchev–Trinajstić information content (AvgIpc) is 2.77. The Bertz CT molecular complexity index is 413. The zero-order valence-electron chi connectivity index (χ0n) is 9.83. The summed E-state index contributed by atoms with van der Waals surface area (Å²) in [5, 5.41) is 0. The first kappa shape index (κ1) is 14.1. The van der Waals surface area contributed by atoms with Gasteiger partial charge in [-0.1, -0.05) is 0 Å². The Morgan fingerprint density at radius 2 is 1.78 bits per heavy atom. The highest BCUT2D eigenvalue weighted by molar-refractivity contribution is 7.89. The third-order valence-electron chi connectivity index (χ3n) is 3.93. The topological polar surface area (TPSA) is 72.2 Å². The number of halogens is 3. The Kier molecular flexibility index (Phi) is 3.40. The van der Waals surface area contributed by atoms with Gasteiger partial charge in [-0.3, -0.25) is 0 Å². The van der Waals surface area contributed by atoms with E-state index in [4.69, 9.17) is 5.73 Å². The summed E-state index contributed by atoms with van der Waals surface area (Å²) >= 11 is 0. The Hall–Kier alpha value is -0.340. The summed E-state index contributed by atoms with van der Waals surface area (Å²) < 4.78 is 60.9. The third-order valence-corrected chi connectivity index (χ3v) is 5.33. The summed E-state index contributed by atoms with van der Waals surface area (Å²) in [5.41, 5.74) is 5.95. The largest absolute Gasteiger partial charge is 0.404 e. The van der Waals surface area contributed by atoms with Gasteiger partial charge in [-0.25, -0.2) is 13.1 Å². The number of nitrogens with one attached hydrogen (secondary N) is 1. The highest BCUT2D eigenvalue weighted by atomic mass is 32.2. The van der Waals surface area contributed by atoms with Gasteiger partial charge in [-0.2, -0.15) is 13.2 Å². The standard InChI is InChI=1S/C10H17F3N2O2S/c11-10(12,13)6-18(16,17)15-7-1-3-9(4-2-7)5-8(9)14/h7-8,15H,1-6,14H2. The van der Waals surface area contributed by atoms with E-state index in [1.165, 1.54) is 0 Å². The Labute approximate surface area is 104 Å². The highest BCUT2D eigenvalue weighted by Crippen LogP contribution is 2.55. The molecule has 3 N–H and O–H groups in total. The Balaban J connectivity index is 1.84. The summed E-state index contributed by atoms with van der Waals surface area (Å²) in [4.78, 5) is 0. The lowest BCUT2D eigenvalue weighted by molar-refractivity contribution is -0.106. The second kappa shape index (κ2) is 4.35. The first-order valence-corrected chi connectivity index (χ1v) is 7.59. The van der Waals surface area contributed by atoms with Crippen LogP contribution in [0.1, 0.15) is 32.1 Å². The van der Waals surface area contributed by atoms with Crippen LogP contribution in [-0.2, 0) is 10.0 Å². The molecule has 2 rings (SSSR count). The maximum Gasteiger partial charge on any atom is 0.404 e. The molecule has 18 heavy (non-hydrogen) atoms. The molecule has 0 aromatic heterocycles. The van der Waals surface area contributed by atoms with Gasteiger partial charge >= 0.3 is 6.18 Å². The van der Waals surface area contributed by atoms with Crippen LogP contribution in [0, 0.1) is 5.41 Å². The van der Waals surface area contributed by atoms with E-state index in [0.29, 0.717) is 12.8 Å². The fourth-order valence-electron chi connectivity index (χ4n) is 2.78. The van der Waals surface area contributed by atoms with Gasteiger partial charge in [0.1, 0.15) is 0 Å². The molecule has 0 radical (unpaired) electrons. The molecule has 1 unspecified atom stereocenters. The minimum Gasteiger partial charge on any atom is -0.327 e. The number of hydrogen-bond donors (Lipinski definition) is 2. The lowest BCUT2D eigenvalue weighted by Gasteiger charge is -2.29. The monoisotopic (exact) mass is 286 g/mol. The van der Waals surface area contributed by atoms with Crippen LogP contribution in [0.25, 0.3) is 0 Å². The van der Waals surface area contributed by atoms with Crippen LogP contribution in [0.4, 0.5) is 13.2 Å². The number of hydrogen-bond acceptors (Lipinski definition) is 3. The minimum atomic E-state index is -4.69. The zero-order chi connectivity index (χ0) is 13.6. The minimum absolute atomic E-state index is 0.145. The van der Waals surface area contributed by atoms with E-state index < -0.39 is 22.0 Å². The maximum atomic E-state index is 12.1. The molecule has 0 amide bonds. The molecule has 8 heteroatoms. The van der Waals surface area contributed by atoms with E-state index in [1.54, 1.807) is 0 Å². The molecule has 2 saturated carbocycles. The molecule has 106 valence electrons. The zero-order valence-corrected chi connectivity index (χ0v) is 10.6. The van der Waals surface area contributed by atoms with E-state index in [9.17, 15) is 21.6 Å². The Morgan fingerprint density at radius 3 is 2.17 bits per heavy atom. The molecular weight excluding hydrogens is 269 g/mol. The molecule has 0 aromatic rings. The van der Waals surface area contributed by atoms with E-state index in [1.807, 2.05) is 0 Å². The number of alkyl halides is 3. The Morgan fingerprint density at radius 1 is 1.28 bits per heavy atom. The van der Waals surface area contributed by atoms with Crippen LogP contribution < -0.4 is 10.5 Å². The van der Waals surface area contributed by atoms with E-state index in [2.05, 4.69) is 4.72 Å². The van der Waals surface area contributed by atoms with Crippen molar-refractivity contribution in [2.45, 2.75) is 50.4 Å². The molecule has 1 spiro atoms. The van der Waals surface area contributed by atoms with E-state index >= 15 is 0 Å². The van der Waals surface area contributed by atoms with Gasteiger partial charge < -0.3 is 5.73 Å². The lowest BCUT2D eigenvalue weighted by Crippen LogP contribution is -2.42. The second-order valence-corrected chi connectivity index (χ2v) is 7.19. The van der Waals surface area contributed by atoms with Crippen molar-refractivity contribution >= 4 is 10.0 Å². The predicted molar refractivity (Wildman–Crippen MR) is 60.3 cm³/mol. The van der Waals surface area contributed by atoms with Gasteiger partial charge in [0, 0.05) is 12.1 Å². The van der Waals surface area contributed by atoms with Crippen molar-refractivity contribution in [2.24, 2.45) is 11.1 Å². The maximum absolute atomic E-state index is 12.1. The van der Waals surface area contributed by atoms with Crippen LogP contribution in [0.5, 0.6) is 0 Å². The summed E-state index contributed by atoms with van der Waals surface area (Å²) in [6, 6.07) is -0.194. The quantitative estimate of drug-likeness (QED) is 0.817. The highest BCUT2D eigenvalue weighted by Gasteiger charge is 2.53. The fourth-order valence-corrected chi connectivity index (χ4v) is 4.03. The molecule has 2 fully saturated rings. The molecule has 0 heterocycles.